The average Bonchev–Trinajstić information content (AvgIpc) is 2.07. The van der Waals surface area contributed by atoms with E-state index in [1.807, 2.05) is 45.0 Å². The van der Waals surface area contributed by atoms with Crippen LogP contribution in [0.15, 0.2) is 24.3 Å². The van der Waals surface area contributed by atoms with Crippen molar-refractivity contribution in [1.82, 2.24) is 0 Å². The molecule has 2 nitrogen and oxygen atoms in total. The summed E-state index contributed by atoms with van der Waals surface area (Å²) >= 11 is 0. The van der Waals surface area contributed by atoms with Crippen LogP contribution in [0.4, 0.5) is 5.69 Å². The normalized spacial score (nSPS) is 11.1. The fourth-order valence-electron chi connectivity index (χ4n) is 0.907. The number of hydrogen-bond donors (Lipinski definition) is 1. The molecule has 0 fully saturated rings. The molecule has 14 heavy (non-hydrogen) atoms. The second-order valence-corrected chi connectivity index (χ2v) is 4.40. The van der Waals surface area contributed by atoms with Crippen LogP contribution in [0.3, 0.4) is 0 Å². The zero-order valence-electron chi connectivity index (χ0n) is 8.92. The summed E-state index contributed by atoms with van der Waals surface area (Å²) in [6, 6.07) is 7.45. The number of anilines is 1. The first kappa shape index (κ1) is 10.8. The van der Waals surface area contributed by atoms with Gasteiger partial charge in [-0.15, -0.1) is 0 Å². The second kappa shape index (κ2) is 3.82. The number of benzene rings is 1. The lowest BCUT2D eigenvalue weighted by Crippen LogP contribution is -2.27. The number of carbonyl (C=O) groups is 1. The number of nitrogens with one attached hydrogen (secondary N) is 1. The highest BCUT2D eigenvalue weighted by Gasteiger charge is 2.20. The SMILES string of the molecule is [CH2]c1ccc(NC(=O)C(C)(C)C)cc1. The molecule has 1 radical (unpaired) electrons. The molecule has 2 heteroatoms. The van der Waals surface area contributed by atoms with Gasteiger partial charge in [0, 0.05) is 11.1 Å². The van der Waals surface area contributed by atoms with E-state index < -0.39 is 0 Å². The van der Waals surface area contributed by atoms with E-state index >= 15 is 0 Å². The molecule has 0 aromatic heterocycles. The standard InChI is InChI=1S/C12H16NO/c1-9-5-7-10(8-6-9)13-11(14)12(2,3)4/h5-8H,1H2,2-4H3,(H,13,14). The van der Waals surface area contributed by atoms with Crippen LogP contribution in [0, 0.1) is 12.3 Å². The molecule has 1 aromatic carbocycles. The van der Waals surface area contributed by atoms with Crippen molar-refractivity contribution in [2.24, 2.45) is 5.41 Å². The zero-order chi connectivity index (χ0) is 10.8. The number of hydrogen-bond acceptors (Lipinski definition) is 1. The van der Waals surface area contributed by atoms with Crippen molar-refractivity contribution >= 4 is 11.6 Å². The minimum atomic E-state index is -0.358. The van der Waals surface area contributed by atoms with Gasteiger partial charge in [0.25, 0.3) is 0 Å². The quantitative estimate of drug-likeness (QED) is 0.724. The first-order valence-electron chi connectivity index (χ1n) is 4.63. The Balaban J connectivity index is 2.71. The van der Waals surface area contributed by atoms with Crippen molar-refractivity contribution in [2.75, 3.05) is 5.32 Å². The molecule has 0 aliphatic heterocycles. The summed E-state index contributed by atoms with van der Waals surface area (Å²) in [4.78, 5) is 11.6. The lowest BCUT2D eigenvalue weighted by atomic mass is 9.95. The van der Waals surface area contributed by atoms with Gasteiger partial charge in [-0.3, -0.25) is 4.79 Å². The van der Waals surface area contributed by atoms with Crippen LogP contribution in [0.2, 0.25) is 0 Å². The number of rotatable bonds is 1. The van der Waals surface area contributed by atoms with E-state index in [0.717, 1.165) is 11.3 Å². The van der Waals surface area contributed by atoms with E-state index in [0.29, 0.717) is 0 Å². The number of amides is 1. The molecule has 1 aromatic rings. The van der Waals surface area contributed by atoms with Gasteiger partial charge in [0.2, 0.25) is 5.91 Å². The fourth-order valence-corrected chi connectivity index (χ4v) is 0.907. The minimum Gasteiger partial charge on any atom is -0.326 e. The van der Waals surface area contributed by atoms with Crippen molar-refractivity contribution in [3.8, 4) is 0 Å². The summed E-state index contributed by atoms with van der Waals surface area (Å²) in [6.07, 6.45) is 0. The molecule has 75 valence electrons. The van der Waals surface area contributed by atoms with Crippen molar-refractivity contribution in [3.05, 3.63) is 36.8 Å². The monoisotopic (exact) mass is 190 g/mol. The van der Waals surface area contributed by atoms with Gasteiger partial charge in [0.15, 0.2) is 0 Å². The van der Waals surface area contributed by atoms with E-state index in [1.54, 1.807) is 0 Å². The van der Waals surface area contributed by atoms with Gasteiger partial charge in [0.05, 0.1) is 0 Å². The Morgan fingerprint density at radius 2 is 1.71 bits per heavy atom. The zero-order valence-corrected chi connectivity index (χ0v) is 8.92. The largest absolute Gasteiger partial charge is 0.326 e. The van der Waals surface area contributed by atoms with Gasteiger partial charge in [-0.05, 0) is 24.6 Å². The van der Waals surface area contributed by atoms with Crippen LogP contribution in [0.25, 0.3) is 0 Å². The average molecular weight is 190 g/mol. The van der Waals surface area contributed by atoms with Crippen LogP contribution in [-0.4, -0.2) is 5.91 Å². The highest BCUT2D eigenvalue weighted by Crippen LogP contribution is 2.17. The summed E-state index contributed by atoms with van der Waals surface area (Å²) in [5.74, 6) is 0.0225. The Kier molecular flexibility index (Phi) is 2.94. The molecule has 0 aliphatic carbocycles. The van der Waals surface area contributed by atoms with E-state index in [4.69, 9.17) is 0 Å². The minimum absolute atomic E-state index is 0.0225. The lowest BCUT2D eigenvalue weighted by molar-refractivity contribution is -0.123. The molecule has 1 rings (SSSR count). The van der Waals surface area contributed by atoms with Crippen molar-refractivity contribution in [1.29, 1.82) is 0 Å². The van der Waals surface area contributed by atoms with Gasteiger partial charge < -0.3 is 5.32 Å². The number of carbonyl (C=O) groups excluding carboxylic acids is 1. The molecule has 0 atom stereocenters. The first-order chi connectivity index (χ1) is 6.39. The van der Waals surface area contributed by atoms with E-state index in [9.17, 15) is 4.79 Å². The molecule has 0 saturated heterocycles. The molecule has 1 N–H and O–H groups in total. The Hall–Kier alpha value is -1.31. The van der Waals surface area contributed by atoms with Gasteiger partial charge in [0.1, 0.15) is 0 Å². The predicted octanol–water partition coefficient (Wildman–Crippen LogP) is 2.85. The van der Waals surface area contributed by atoms with Crippen molar-refractivity contribution in [3.63, 3.8) is 0 Å². The lowest BCUT2D eigenvalue weighted by Gasteiger charge is -2.17. The van der Waals surface area contributed by atoms with Crippen LogP contribution >= 0.6 is 0 Å². The maximum Gasteiger partial charge on any atom is 0.229 e. The molecule has 0 bridgehead atoms. The van der Waals surface area contributed by atoms with E-state index in [1.165, 1.54) is 0 Å². The molecular formula is C12H16NO. The third-order valence-electron chi connectivity index (χ3n) is 1.89. The molecule has 0 aliphatic rings. The Morgan fingerprint density at radius 3 is 2.14 bits per heavy atom. The maximum atomic E-state index is 11.6. The summed E-state index contributed by atoms with van der Waals surface area (Å²) in [5, 5.41) is 2.84. The summed E-state index contributed by atoms with van der Waals surface area (Å²) in [6.45, 7) is 9.44. The highest BCUT2D eigenvalue weighted by atomic mass is 16.2. The topological polar surface area (TPSA) is 29.1 Å². The Morgan fingerprint density at radius 1 is 1.21 bits per heavy atom. The van der Waals surface area contributed by atoms with Gasteiger partial charge >= 0.3 is 0 Å². The summed E-state index contributed by atoms with van der Waals surface area (Å²) < 4.78 is 0. The second-order valence-electron chi connectivity index (χ2n) is 4.40. The Bertz CT molecular complexity index is 319. The molecule has 0 heterocycles. The van der Waals surface area contributed by atoms with Crippen LogP contribution in [-0.2, 0) is 4.79 Å². The maximum absolute atomic E-state index is 11.6. The van der Waals surface area contributed by atoms with Gasteiger partial charge in [-0.25, -0.2) is 0 Å². The van der Waals surface area contributed by atoms with E-state index in [2.05, 4.69) is 12.2 Å². The third kappa shape index (κ3) is 2.87. The predicted molar refractivity (Wildman–Crippen MR) is 59.0 cm³/mol. The van der Waals surface area contributed by atoms with Crippen molar-refractivity contribution in [2.45, 2.75) is 20.8 Å². The van der Waals surface area contributed by atoms with Crippen molar-refractivity contribution < 1.29 is 4.79 Å². The van der Waals surface area contributed by atoms with Gasteiger partial charge in [-0.1, -0.05) is 32.9 Å². The highest BCUT2D eigenvalue weighted by molar-refractivity contribution is 5.94. The van der Waals surface area contributed by atoms with E-state index in [-0.39, 0.29) is 11.3 Å². The van der Waals surface area contributed by atoms with Gasteiger partial charge in [-0.2, -0.15) is 0 Å². The smallest absolute Gasteiger partial charge is 0.229 e. The first-order valence-corrected chi connectivity index (χ1v) is 4.63. The summed E-state index contributed by atoms with van der Waals surface area (Å²) in [7, 11) is 0. The molecule has 0 spiro atoms. The molecule has 0 saturated carbocycles. The molecule has 0 unspecified atom stereocenters. The van der Waals surface area contributed by atoms with Crippen LogP contribution in [0.5, 0.6) is 0 Å². The van der Waals surface area contributed by atoms with Crippen LogP contribution in [0.1, 0.15) is 26.3 Å². The third-order valence-corrected chi connectivity index (χ3v) is 1.89. The Labute approximate surface area is 85.3 Å². The molecular weight excluding hydrogens is 174 g/mol. The van der Waals surface area contributed by atoms with Crippen LogP contribution < -0.4 is 5.32 Å². The molecule has 1 amide bonds. The fraction of sp³-hybridized carbons (Fsp3) is 0.333. The summed E-state index contributed by atoms with van der Waals surface area (Å²) in [5.41, 5.74) is 1.40.